The second-order valence-corrected chi connectivity index (χ2v) is 6.68. The van der Waals surface area contributed by atoms with Gasteiger partial charge in [-0.05, 0) is 12.1 Å². The van der Waals surface area contributed by atoms with Crippen molar-refractivity contribution < 1.29 is 18.7 Å². The average Bonchev–Trinajstić information content (AvgIpc) is 3.26. The number of carbonyl (C=O) groups is 2. The number of benzene rings is 2. The lowest BCUT2D eigenvalue weighted by atomic mass is 10.1. The molecule has 0 spiro atoms. The van der Waals surface area contributed by atoms with Crippen LogP contribution in [0.25, 0.3) is 11.3 Å². The van der Waals surface area contributed by atoms with E-state index < -0.39 is 6.10 Å². The van der Waals surface area contributed by atoms with Crippen molar-refractivity contribution in [1.82, 2.24) is 10.3 Å². The maximum atomic E-state index is 12.9. The summed E-state index contributed by atoms with van der Waals surface area (Å²) >= 11 is 0. The number of amides is 2. The third-order valence-electron chi connectivity index (χ3n) is 4.78. The summed E-state index contributed by atoms with van der Waals surface area (Å²) < 4.78 is 11.5. The fraction of sp³-hybridized carbons (Fsp3) is 0.227. The molecule has 0 aliphatic carbocycles. The van der Waals surface area contributed by atoms with Crippen LogP contribution in [0.3, 0.4) is 0 Å². The van der Waals surface area contributed by atoms with Crippen molar-refractivity contribution in [1.29, 1.82) is 0 Å². The molecule has 1 N–H and O–H groups in total. The van der Waals surface area contributed by atoms with Crippen LogP contribution in [0.5, 0.6) is 5.75 Å². The second kappa shape index (κ2) is 8.18. The van der Waals surface area contributed by atoms with Gasteiger partial charge in [0.05, 0.1) is 18.4 Å². The number of carbonyl (C=O) groups excluding carboxylic acids is 2. The van der Waals surface area contributed by atoms with E-state index in [-0.39, 0.29) is 24.8 Å². The number of hydrogen-bond acceptors (Lipinski definition) is 5. The Morgan fingerprint density at radius 3 is 2.69 bits per heavy atom. The van der Waals surface area contributed by atoms with Gasteiger partial charge in [-0.1, -0.05) is 42.5 Å². The zero-order chi connectivity index (χ0) is 20.2. The second-order valence-electron chi connectivity index (χ2n) is 6.68. The van der Waals surface area contributed by atoms with Gasteiger partial charge in [0, 0.05) is 25.5 Å². The molecule has 1 aromatic heterocycles. The summed E-state index contributed by atoms with van der Waals surface area (Å²) in [6.45, 7) is 0.163. The number of nitrogens with one attached hydrogen (secondary N) is 1. The molecule has 0 saturated heterocycles. The Bertz CT molecular complexity index is 1020. The van der Waals surface area contributed by atoms with E-state index in [4.69, 9.17) is 9.15 Å². The van der Waals surface area contributed by atoms with Crippen LogP contribution in [0.15, 0.2) is 65.2 Å². The molecular weight excluding hydrogens is 370 g/mol. The largest absolute Gasteiger partial charge is 0.477 e. The fourth-order valence-corrected chi connectivity index (χ4v) is 3.28. The van der Waals surface area contributed by atoms with E-state index in [0.717, 1.165) is 5.56 Å². The number of hydrogen-bond donors (Lipinski definition) is 1. The van der Waals surface area contributed by atoms with Gasteiger partial charge in [-0.3, -0.25) is 9.59 Å². The van der Waals surface area contributed by atoms with Crippen LogP contribution in [0.1, 0.15) is 12.3 Å². The lowest BCUT2D eigenvalue weighted by Crippen LogP contribution is -2.50. The first-order valence-corrected chi connectivity index (χ1v) is 9.43. The van der Waals surface area contributed by atoms with Crippen LogP contribution in [0.2, 0.25) is 0 Å². The lowest BCUT2D eigenvalue weighted by Gasteiger charge is -2.34. The van der Waals surface area contributed by atoms with Crippen LogP contribution in [0.4, 0.5) is 5.69 Å². The number of rotatable bonds is 5. The molecule has 29 heavy (non-hydrogen) atoms. The SMILES string of the molecule is CNC(=O)[C@H]1CN(C(=O)CCc2ncc(-c3ccccc3)o2)c2ccccc2O1. The van der Waals surface area contributed by atoms with Gasteiger partial charge in [-0.15, -0.1) is 0 Å². The molecule has 0 fully saturated rings. The van der Waals surface area contributed by atoms with Gasteiger partial charge in [0.25, 0.3) is 5.91 Å². The Kier molecular flexibility index (Phi) is 5.29. The van der Waals surface area contributed by atoms with Gasteiger partial charge in [0.2, 0.25) is 5.91 Å². The van der Waals surface area contributed by atoms with E-state index in [1.807, 2.05) is 48.5 Å². The van der Waals surface area contributed by atoms with E-state index >= 15 is 0 Å². The molecule has 2 aromatic carbocycles. The number of oxazole rings is 1. The molecule has 2 heterocycles. The van der Waals surface area contributed by atoms with Crippen LogP contribution < -0.4 is 15.0 Å². The topological polar surface area (TPSA) is 84.7 Å². The Labute approximate surface area is 168 Å². The molecule has 1 aliphatic heterocycles. The number of para-hydroxylation sites is 2. The van der Waals surface area contributed by atoms with Gasteiger partial charge in [-0.2, -0.15) is 0 Å². The molecule has 1 atom stereocenters. The molecule has 0 bridgehead atoms. The molecule has 1 aliphatic rings. The lowest BCUT2D eigenvalue weighted by molar-refractivity contribution is -0.127. The molecule has 0 saturated carbocycles. The maximum absolute atomic E-state index is 12.9. The number of nitrogens with zero attached hydrogens (tertiary/aromatic N) is 2. The summed E-state index contributed by atoms with van der Waals surface area (Å²) in [6.07, 6.45) is 1.51. The first kappa shape index (κ1) is 18.7. The third-order valence-corrected chi connectivity index (χ3v) is 4.78. The Morgan fingerprint density at radius 2 is 1.90 bits per heavy atom. The predicted octanol–water partition coefficient (Wildman–Crippen LogP) is 2.81. The molecule has 0 radical (unpaired) electrons. The fourth-order valence-electron chi connectivity index (χ4n) is 3.28. The quantitative estimate of drug-likeness (QED) is 0.723. The minimum absolute atomic E-state index is 0.117. The normalized spacial score (nSPS) is 15.3. The highest BCUT2D eigenvalue weighted by Crippen LogP contribution is 2.33. The van der Waals surface area contributed by atoms with Crippen molar-refractivity contribution in [2.24, 2.45) is 0 Å². The van der Waals surface area contributed by atoms with Crippen molar-refractivity contribution in [3.63, 3.8) is 0 Å². The van der Waals surface area contributed by atoms with Gasteiger partial charge in [-0.25, -0.2) is 4.98 Å². The van der Waals surface area contributed by atoms with Crippen molar-refractivity contribution in [2.75, 3.05) is 18.5 Å². The number of likely N-dealkylation sites (N-methyl/N-ethyl adjacent to an activating group) is 1. The zero-order valence-corrected chi connectivity index (χ0v) is 16.0. The molecule has 4 rings (SSSR count). The number of anilines is 1. The summed E-state index contributed by atoms with van der Waals surface area (Å²) in [5, 5.41) is 2.57. The monoisotopic (exact) mass is 391 g/mol. The van der Waals surface area contributed by atoms with Crippen LogP contribution in [0, 0.1) is 0 Å². The molecule has 7 nitrogen and oxygen atoms in total. The average molecular weight is 391 g/mol. The third kappa shape index (κ3) is 3.99. The highest BCUT2D eigenvalue weighted by Gasteiger charge is 2.33. The number of fused-ring (bicyclic) bond motifs is 1. The van der Waals surface area contributed by atoms with Crippen molar-refractivity contribution in [3.8, 4) is 17.1 Å². The molecule has 7 heteroatoms. The number of aromatic nitrogens is 1. The van der Waals surface area contributed by atoms with Gasteiger partial charge in [0.15, 0.2) is 17.8 Å². The highest BCUT2D eigenvalue weighted by molar-refractivity contribution is 5.97. The van der Waals surface area contributed by atoms with Gasteiger partial charge >= 0.3 is 0 Å². The van der Waals surface area contributed by atoms with E-state index in [1.165, 1.54) is 0 Å². The minimum Gasteiger partial charge on any atom is -0.477 e. The first-order valence-electron chi connectivity index (χ1n) is 9.43. The summed E-state index contributed by atoms with van der Waals surface area (Å²) in [4.78, 5) is 30.9. The molecular formula is C22H21N3O4. The standard InChI is InChI=1S/C22H21N3O4/c1-23-22(27)19-14-25(16-9-5-6-10-17(16)28-19)21(26)12-11-20-24-13-18(29-20)15-7-3-2-4-8-15/h2-10,13,19H,11-12,14H2,1H3,(H,23,27)/t19-/m1/s1. The number of aryl methyl sites for hydroxylation is 1. The van der Waals surface area contributed by atoms with Crippen molar-refractivity contribution >= 4 is 17.5 Å². The summed E-state index contributed by atoms with van der Waals surface area (Å²) in [7, 11) is 1.55. The van der Waals surface area contributed by atoms with E-state index in [2.05, 4.69) is 10.3 Å². The van der Waals surface area contributed by atoms with Crippen LogP contribution >= 0.6 is 0 Å². The van der Waals surface area contributed by atoms with Gasteiger partial charge < -0.3 is 19.4 Å². The zero-order valence-electron chi connectivity index (χ0n) is 16.0. The molecule has 3 aromatic rings. The van der Waals surface area contributed by atoms with Crippen LogP contribution in [-0.4, -0.2) is 36.5 Å². The van der Waals surface area contributed by atoms with E-state index in [9.17, 15) is 9.59 Å². The van der Waals surface area contributed by atoms with Gasteiger partial charge in [0.1, 0.15) is 5.75 Å². The molecule has 2 amide bonds. The Morgan fingerprint density at radius 1 is 1.14 bits per heavy atom. The van der Waals surface area contributed by atoms with Crippen LogP contribution in [-0.2, 0) is 16.0 Å². The van der Waals surface area contributed by atoms with E-state index in [1.54, 1.807) is 24.2 Å². The predicted molar refractivity (Wildman–Crippen MR) is 108 cm³/mol. The van der Waals surface area contributed by atoms with Crippen molar-refractivity contribution in [2.45, 2.75) is 18.9 Å². The molecule has 0 unspecified atom stereocenters. The smallest absolute Gasteiger partial charge is 0.262 e. The maximum Gasteiger partial charge on any atom is 0.262 e. The first-order chi connectivity index (χ1) is 14.2. The molecule has 148 valence electrons. The van der Waals surface area contributed by atoms with Crippen molar-refractivity contribution in [3.05, 3.63) is 66.7 Å². The Hall–Kier alpha value is -3.61. The highest BCUT2D eigenvalue weighted by atomic mass is 16.5. The summed E-state index contributed by atoms with van der Waals surface area (Å²) in [6, 6.07) is 16.9. The number of ether oxygens (including phenoxy) is 1. The van der Waals surface area contributed by atoms with E-state index in [0.29, 0.717) is 29.5 Å². The summed E-state index contributed by atoms with van der Waals surface area (Å²) in [5.74, 6) is 1.31. The Balaban J connectivity index is 1.47. The summed E-state index contributed by atoms with van der Waals surface area (Å²) in [5.41, 5.74) is 1.60. The minimum atomic E-state index is -0.745.